The highest BCUT2D eigenvalue weighted by atomic mass is 16.2. The summed E-state index contributed by atoms with van der Waals surface area (Å²) in [4.78, 5) is 13.6. The van der Waals surface area contributed by atoms with Crippen molar-refractivity contribution < 1.29 is 4.79 Å². The van der Waals surface area contributed by atoms with Crippen LogP contribution in [0, 0.1) is 11.8 Å². The van der Waals surface area contributed by atoms with Crippen molar-refractivity contribution in [2.24, 2.45) is 11.8 Å². The van der Waals surface area contributed by atoms with Gasteiger partial charge in [0.2, 0.25) is 5.91 Å². The van der Waals surface area contributed by atoms with Crippen molar-refractivity contribution in [2.75, 3.05) is 7.05 Å². The minimum Gasteiger partial charge on any atom is -0.315 e. The summed E-state index contributed by atoms with van der Waals surface area (Å²) in [6.07, 6.45) is 15.0. The minimum atomic E-state index is 0.263. The molecule has 2 heteroatoms. The zero-order chi connectivity index (χ0) is 12.5. The zero-order valence-corrected chi connectivity index (χ0v) is 11.3. The second-order valence-electron chi connectivity index (χ2n) is 6.05. The topological polar surface area (TPSA) is 20.3 Å². The lowest BCUT2D eigenvalue weighted by molar-refractivity contribution is -0.125. The molecule has 0 aromatic carbocycles. The fourth-order valence-electron chi connectivity index (χ4n) is 3.68. The van der Waals surface area contributed by atoms with E-state index in [4.69, 9.17) is 0 Å². The lowest BCUT2D eigenvalue weighted by Crippen LogP contribution is -2.21. The summed E-state index contributed by atoms with van der Waals surface area (Å²) in [6.45, 7) is 0. The molecule has 1 saturated carbocycles. The third-order valence-corrected chi connectivity index (χ3v) is 4.82. The summed E-state index contributed by atoms with van der Waals surface area (Å²) in [5, 5.41) is 0. The molecule has 98 valence electrons. The highest BCUT2D eigenvalue weighted by molar-refractivity contribution is 5.87. The van der Waals surface area contributed by atoms with Crippen LogP contribution in [0.4, 0.5) is 0 Å². The van der Waals surface area contributed by atoms with Gasteiger partial charge in [0.1, 0.15) is 0 Å². The molecule has 0 aromatic rings. The van der Waals surface area contributed by atoms with Crippen LogP contribution < -0.4 is 0 Å². The number of amides is 1. The average molecular weight is 245 g/mol. The molecule has 2 atom stereocenters. The molecular weight excluding hydrogens is 222 g/mol. The maximum absolute atomic E-state index is 11.8. The van der Waals surface area contributed by atoms with Crippen LogP contribution in [0.2, 0.25) is 0 Å². The summed E-state index contributed by atoms with van der Waals surface area (Å²) in [7, 11) is 1.92. The molecule has 18 heavy (non-hydrogen) atoms. The maximum atomic E-state index is 11.8. The van der Waals surface area contributed by atoms with Gasteiger partial charge in [-0.1, -0.05) is 44.3 Å². The first-order valence-electron chi connectivity index (χ1n) is 7.45. The predicted molar refractivity (Wildman–Crippen MR) is 72.9 cm³/mol. The first-order valence-corrected chi connectivity index (χ1v) is 7.45. The monoisotopic (exact) mass is 245 g/mol. The highest BCUT2D eigenvalue weighted by Crippen LogP contribution is 2.40. The van der Waals surface area contributed by atoms with Crippen molar-refractivity contribution >= 4 is 5.91 Å². The van der Waals surface area contributed by atoms with E-state index in [-0.39, 0.29) is 5.91 Å². The Kier molecular flexibility index (Phi) is 3.27. The normalized spacial score (nSPS) is 32.7. The van der Waals surface area contributed by atoms with Gasteiger partial charge in [-0.15, -0.1) is 0 Å². The third-order valence-electron chi connectivity index (χ3n) is 4.82. The number of hydrogen-bond acceptors (Lipinski definition) is 1. The summed E-state index contributed by atoms with van der Waals surface area (Å²) in [5.74, 6) is 1.63. The Labute approximate surface area is 110 Å². The van der Waals surface area contributed by atoms with Gasteiger partial charge in [-0.25, -0.2) is 0 Å². The van der Waals surface area contributed by atoms with Crippen molar-refractivity contribution in [3.63, 3.8) is 0 Å². The molecule has 0 spiro atoms. The Hall–Kier alpha value is -1.05. The Morgan fingerprint density at radius 1 is 1.00 bits per heavy atom. The van der Waals surface area contributed by atoms with Crippen LogP contribution in [0.5, 0.6) is 0 Å². The number of carbonyl (C=O) groups excluding carboxylic acids is 1. The fourth-order valence-corrected chi connectivity index (χ4v) is 3.68. The van der Waals surface area contributed by atoms with Crippen LogP contribution in [0.25, 0.3) is 0 Å². The number of fused-ring (bicyclic) bond motifs is 2. The number of carbonyl (C=O) groups is 1. The van der Waals surface area contributed by atoms with Gasteiger partial charge in [-0.05, 0) is 30.3 Å². The molecule has 1 saturated heterocycles. The van der Waals surface area contributed by atoms with E-state index in [1.54, 1.807) is 0 Å². The molecule has 0 radical (unpaired) electrons. The van der Waals surface area contributed by atoms with Gasteiger partial charge in [-0.3, -0.25) is 4.79 Å². The van der Waals surface area contributed by atoms with Gasteiger partial charge in [0.05, 0.1) is 6.42 Å². The van der Waals surface area contributed by atoms with Crippen LogP contribution in [-0.2, 0) is 4.79 Å². The molecule has 1 amide bonds. The predicted octanol–water partition coefficient (Wildman–Crippen LogP) is 3.65. The molecule has 1 heterocycles. The lowest BCUT2D eigenvalue weighted by Gasteiger charge is -2.28. The van der Waals surface area contributed by atoms with E-state index in [2.05, 4.69) is 12.2 Å². The minimum absolute atomic E-state index is 0.263. The van der Waals surface area contributed by atoms with E-state index in [1.807, 2.05) is 11.9 Å². The van der Waals surface area contributed by atoms with Crippen LogP contribution >= 0.6 is 0 Å². The van der Waals surface area contributed by atoms with E-state index in [1.165, 1.54) is 56.2 Å². The Bertz CT molecular complexity index is 407. The first-order chi connectivity index (χ1) is 8.75. The third kappa shape index (κ3) is 2.13. The van der Waals surface area contributed by atoms with Gasteiger partial charge >= 0.3 is 0 Å². The molecule has 2 nitrogen and oxygen atoms in total. The largest absolute Gasteiger partial charge is 0.315 e. The maximum Gasteiger partial charge on any atom is 0.231 e. The van der Waals surface area contributed by atoms with Crippen LogP contribution in [0.15, 0.2) is 23.4 Å². The smallest absolute Gasteiger partial charge is 0.231 e. The Morgan fingerprint density at radius 3 is 2.33 bits per heavy atom. The lowest BCUT2D eigenvalue weighted by atomic mass is 9.79. The van der Waals surface area contributed by atoms with Crippen molar-refractivity contribution in [2.45, 2.75) is 51.4 Å². The molecule has 3 aliphatic rings. The Balaban J connectivity index is 1.85. The zero-order valence-electron chi connectivity index (χ0n) is 11.3. The molecule has 2 unspecified atom stereocenters. The van der Waals surface area contributed by atoms with Crippen molar-refractivity contribution in [3.8, 4) is 0 Å². The molecular formula is C16H23NO. The van der Waals surface area contributed by atoms with Crippen LogP contribution in [0.3, 0.4) is 0 Å². The summed E-state index contributed by atoms with van der Waals surface area (Å²) >= 11 is 0. The second kappa shape index (κ2) is 4.91. The molecule has 2 aliphatic carbocycles. The van der Waals surface area contributed by atoms with E-state index in [9.17, 15) is 4.79 Å². The molecule has 1 aliphatic heterocycles. The van der Waals surface area contributed by atoms with Crippen molar-refractivity contribution in [1.82, 2.24) is 4.90 Å². The van der Waals surface area contributed by atoms with Gasteiger partial charge in [-0.2, -0.15) is 0 Å². The van der Waals surface area contributed by atoms with Crippen molar-refractivity contribution in [3.05, 3.63) is 23.4 Å². The standard InChI is InChI=1S/C16H23NO/c1-17-15-10-13-8-6-4-2-3-5-7-12(13)9-14(15)11-16(17)18/h9-10,12-13H,2-8,11H2,1H3. The number of allylic oxidation sites excluding steroid dienone is 3. The quantitative estimate of drug-likeness (QED) is 0.638. The summed E-state index contributed by atoms with van der Waals surface area (Å²) in [6, 6.07) is 0. The molecule has 2 fully saturated rings. The SMILES string of the molecule is CN1C(=O)CC2=CC3CCCCCCCC3C=C21. The van der Waals surface area contributed by atoms with Crippen molar-refractivity contribution in [1.29, 1.82) is 0 Å². The van der Waals surface area contributed by atoms with E-state index < -0.39 is 0 Å². The second-order valence-corrected chi connectivity index (χ2v) is 6.05. The molecule has 0 N–H and O–H groups in total. The molecule has 0 bridgehead atoms. The van der Waals surface area contributed by atoms with Gasteiger partial charge < -0.3 is 4.90 Å². The number of nitrogens with zero attached hydrogens (tertiary/aromatic N) is 1. The van der Waals surface area contributed by atoms with E-state index in [0.29, 0.717) is 18.3 Å². The molecule has 3 rings (SSSR count). The summed E-state index contributed by atoms with van der Waals surface area (Å²) < 4.78 is 0. The number of hydrogen-bond donors (Lipinski definition) is 0. The Morgan fingerprint density at radius 2 is 1.61 bits per heavy atom. The summed E-state index contributed by atoms with van der Waals surface area (Å²) in [5.41, 5.74) is 2.50. The number of rotatable bonds is 0. The van der Waals surface area contributed by atoms with Crippen LogP contribution in [-0.4, -0.2) is 17.9 Å². The van der Waals surface area contributed by atoms with Gasteiger partial charge in [0.25, 0.3) is 0 Å². The van der Waals surface area contributed by atoms with Gasteiger partial charge in [0, 0.05) is 12.7 Å². The first kappa shape index (κ1) is 12.0. The number of likely N-dealkylation sites (N-methyl/N-ethyl adjacent to an activating group) is 1. The highest BCUT2D eigenvalue weighted by Gasteiger charge is 2.33. The molecule has 0 aromatic heterocycles. The fraction of sp³-hybridized carbons (Fsp3) is 0.688. The average Bonchev–Trinajstić information content (AvgIpc) is 2.69. The van der Waals surface area contributed by atoms with Gasteiger partial charge in [0.15, 0.2) is 0 Å². The number of likely N-dealkylation sites (tertiary alicyclic amines) is 1. The van der Waals surface area contributed by atoms with E-state index in [0.717, 1.165) is 0 Å². The van der Waals surface area contributed by atoms with Crippen LogP contribution in [0.1, 0.15) is 51.4 Å². The van der Waals surface area contributed by atoms with E-state index >= 15 is 0 Å².